The Labute approximate surface area is 196 Å². The van der Waals surface area contributed by atoms with E-state index >= 15 is 0 Å². The molecule has 33 heavy (non-hydrogen) atoms. The van der Waals surface area contributed by atoms with Crippen molar-refractivity contribution in [1.82, 2.24) is 14.8 Å². The van der Waals surface area contributed by atoms with Gasteiger partial charge in [-0.15, -0.1) is 11.3 Å². The fourth-order valence-corrected chi connectivity index (χ4v) is 4.63. The lowest BCUT2D eigenvalue weighted by Crippen LogP contribution is -2.01. The monoisotopic (exact) mass is 457 g/mol. The molecule has 0 amide bonds. The largest absolute Gasteiger partial charge is 0.488 e. The molecule has 1 fully saturated rings. The number of ether oxygens (including phenoxy) is 2. The van der Waals surface area contributed by atoms with E-state index in [0.29, 0.717) is 35.4 Å². The average Bonchev–Trinajstić information content (AvgIpc) is 3.60. The van der Waals surface area contributed by atoms with Crippen LogP contribution < -0.4 is 15.2 Å². The van der Waals surface area contributed by atoms with Crippen LogP contribution in [0.2, 0.25) is 0 Å². The van der Waals surface area contributed by atoms with E-state index in [1.165, 1.54) is 12.8 Å². The SMILES string of the molecule is N#Cc1c(N)c(C2CCCC2)nn1-c1ccc(Oc2cccc(OCc3cncs3)c2)cc1. The Morgan fingerprint density at radius 3 is 2.61 bits per heavy atom. The van der Waals surface area contributed by atoms with Crippen LogP contribution in [0.15, 0.2) is 60.2 Å². The second kappa shape index (κ2) is 9.35. The molecule has 8 heteroatoms. The van der Waals surface area contributed by atoms with Gasteiger partial charge in [0.15, 0.2) is 5.69 Å². The molecule has 0 atom stereocenters. The lowest BCUT2D eigenvalue weighted by atomic mass is 10.0. The van der Waals surface area contributed by atoms with Crippen LogP contribution in [0.25, 0.3) is 5.69 Å². The zero-order chi connectivity index (χ0) is 22.6. The fourth-order valence-electron chi connectivity index (χ4n) is 4.13. The first-order chi connectivity index (χ1) is 16.2. The molecule has 2 N–H and O–H groups in total. The Morgan fingerprint density at radius 1 is 1.09 bits per heavy atom. The topological polar surface area (TPSA) is 99.0 Å². The van der Waals surface area contributed by atoms with Crippen LogP contribution >= 0.6 is 11.3 Å². The Balaban J connectivity index is 1.31. The van der Waals surface area contributed by atoms with Crippen molar-refractivity contribution in [2.24, 2.45) is 0 Å². The second-order valence-corrected chi connectivity index (χ2v) is 8.95. The number of hydrogen-bond donors (Lipinski definition) is 1. The van der Waals surface area contributed by atoms with Crippen molar-refractivity contribution in [3.8, 4) is 29.0 Å². The molecule has 2 aromatic carbocycles. The number of nitrogens with zero attached hydrogens (tertiary/aromatic N) is 4. The fraction of sp³-hybridized carbons (Fsp3) is 0.240. The van der Waals surface area contributed by atoms with Gasteiger partial charge >= 0.3 is 0 Å². The number of aromatic nitrogens is 3. The van der Waals surface area contributed by atoms with Gasteiger partial charge < -0.3 is 15.2 Å². The van der Waals surface area contributed by atoms with E-state index in [-0.39, 0.29) is 0 Å². The standard InChI is InChI=1S/C25H23N5O2S/c26-13-23-24(27)25(17-4-1-2-5-17)29-30(23)18-8-10-19(11-9-18)32-21-7-3-6-20(12-21)31-15-22-14-28-16-33-22/h3,6-12,14,16-17H,1-2,4-5,15,27H2. The first kappa shape index (κ1) is 21.0. The van der Waals surface area contributed by atoms with Gasteiger partial charge in [-0.05, 0) is 49.2 Å². The van der Waals surface area contributed by atoms with Gasteiger partial charge in [0, 0.05) is 18.2 Å². The van der Waals surface area contributed by atoms with E-state index in [2.05, 4.69) is 11.1 Å². The third-order valence-electron chi connectivity index (χ3n) is 5.79. The van der Waals surface area contributed by atoms with Gasteiger partial charge in [-0.1, -0.05) is 18.9 Å². The summed E-state index contributed by atoms with van der Waals surface area (Å²) in [6, 6.07) is 17.2. The number of nitriles is 1. The quantitative estimate of drug-likeness (QED) is 0.376. The summed E-state index contributed by atoms with van der Waals surface area (Å²) in [5.41, 5.74) is 10.6. The normalized spacial score (nSPS) is 13.7. The summed E-state index contributed by atoms with van der Waals surface area (Å²) in [6.07, 6.45) is 6.32. The molecule has 0 aliphatic heterocycles. The Bertz CT molecular complexity index is 1270. The van der Waals surface area contributed by atoms with E-state index in [9.17, 15) is 5.26 Å². The van der Waals surface area contributed by atoms with Crippen LogP contribution in [-0.2, 0) is 6.61 Å². The maximum Gasteiger partial charge on any atom is 0.167 e. The number of nitrogen functional groups attached to an aromatic ring is 1. The van der Waals surface area contributed by atoms with E-state index in [4.69, 9.17) is 20.3 Å². The van der Waals surface area contributed by atoms with E-state index in [1.807, 2.05) is 48.5 Å². The molecule has 1 aliphatic rings. The van der Waals surface area contributed by atoms with Gasteiger partial charge in [-0.25, -0.2) is 4.68 Å². The molecule has 1 aliphatic carbocycles. The Morgan fingerprint density at radius 2 is 1.88 bits per heavy atom. The molecular formula is C25H23N5O2S. The predicted octanol–water partition coefficient (Wildman–Crippen LogP) is 5.81. The summed E-state index contributed by atoms with van der Waals surface area (Å²) in [5.74, 6) is 2.41. The number of benzene rings is 2. The molecule has 166 valence electrons. The van der Waals surface area contributed by atoms with Crippen molar-refractivity contribution in [2.45, 2.75) is 38.2 Å². The minimum atomic E-state index is 0.339. The van der Waals surface area contributed by atoms with Gasteiger partial charge in [0.05, 0.1) is 27.5 Å². The number of hydrogen-bond acceptors (Lipinski definition) is 7. The highest BCUT2D eigenvalue weighted by Gasteiger charge is 2.26. The van der Waals surface area contributed by atoms with Crippen molar-refractivity contribution < 1.29 is 9.47 Å². The molecule has 7 nitrogen and oxygen atoms in total. The van der Waals surface area contributed by atoms with Gasteiger partial charge in [0.25, 0.3) is 0 Å². The highest BCUT2D eigenvalue weighted by Crippen LogP contribution is 2.38. The van der Waals surface area contributed by atoms with E-state index < -0.39 is 0 Å². The van der Waals surface area contributed by atoms with Crippen molar-refractivity contribution in [1.29, 1.82) is 5.26 Å². The Kier molecular flexibility index (Phi) is 5.96. The van der Waals surface area contributed by atoms with Crippen LogP contribution in [0.5, 0.6) is 17.2 Å². The third-order valence-corrected chi connectivity index (χ3v) is 6.54. The lowest BCUT2D eigenvalue weighted by molar-refractivity contribution is 0.308. The summed E-state index contributed by atoms with van der Waals surface area (Å²) < 4.78 is 13.5. The maximum atomic E-state index is 9.67. The van der Waals surface area contributed by atoms with Crippen molar-refractivity contribution in [3.63, 3.8) is 0 Å². The summed E-state index contributed by atoms with van der Waals surface area (Å²) in [5, 5.41) is 14.4. The van der Waals surface area contributed by atoms with E-state index in [0.717, 1.165) is 34.8 Å². The molecule has 0 bridgehead atoms. The van der Waals surface area contributed by atoms with Crippen LogP contribution in [-0.4, -0.2) is 14.8 Å². The first-order valence-corrected chi connectivity index (χ1v) is 11.8. The molecule has 0 radical (unpaired) electrons. The molecular weight excluding hydrogens is 434 g/mol. The van der Waals surface area contributed by atoms with Crippen molar-refractivity contribution >= 4 is 17.0 Å². The van der Waals surface area contributed by atoms with Gasteiger partial charge in [-0.3, -0.25) is 4.98 Å². The number of nitrogens with two attached hydrogens (primary N) is 1. The molecule has 1 saturated carbocycles. The van der Waals surface area contributed by atoms with Crippen LogP contribution in [0.3, 0.4) is 0 Å². The molecule has 5 rings (SSSR count). The van der Waals surface area contributed by atoms with Gasteiger partial charge in [0.2, 0.25) is 0 Å². The number of rotatable bonds is 7. The second-order valence-electron chi connectivity index (χ2n) is 7.98. The smallest absolute Gasteiger partial charge is 0.167 e. The number of anilines is 1. The van der Waals surface area contributed by atoms with Gasteiger partial charge in [0.1, 0.15) is 29.9 Å². The summed E-state index contributed by atoms with van der Waals surface area (Å²) in [6.45, 7) is 0.472. The third kappa shape index (κ3) is 4.54. The van der Waals surface area contributed by atoms with E-state index in [1.54, 1.807) is 27.7 Å². The summed E-state index contributed by atoms with van der Waals surface area (Å²) >= 11 is 1.56. The Hall–Kier alpha value is -3.83. The molecule has 0 saturated heterocycles. The minimum absolute atomic E-state index is 0.339. The highest BCUT2D eigenvalue weighted by atomic mass is 32.1. The summed E-state index contributed by atoms with van der Waals surface area (Å²) in [7, 11) is 0. The van der Waals surface area contributed by atoms with Crippen LogP contribution in [0.4, 0.5) is 5.69 Å². The first-order valence-electron chi connectivity index (χ1n) is 10.9. The maximum absolute atomic E-state index is 9.67. The zero-order valence-electron chi connectivity index (χ0n) is 18.0. The van der Waals surface area contributed by atoms with Gasteiger partial charge in [-0.2, -0.15) is 10.4 Å². The van der Waals surface area contributed by atoms with Crippen molar-refractivity contribution in [2.75, 3.05) is 5.73 Å². The van der Waals surface area contributed by atoms with Crippen LogP contribution in [0.1, 0.15) is 47.9 Å². The predicted molar refractivity (Wildman–Crippen MR) is 127 cm³/mol. The molecule has 4 aromatic rings. The number of thiazole rings is 1. The van der Waals surface area contributed by atoms with Crippen LogP contribution in [0, 0.1) is 11.3 Å². The zero-order valence-corrected chi connectivity index (χ0v) is 18.8. The molecule has 2 aromatic heterocycles. The lowest BCUT2D eigenvalue weighted by Gasteiger charge is -2.10. The average molecular weight is 458 g/mol. The minimum Gasteiger partial charge on any atom is -0.488 e. The van der Waals surface area contributed by atoms with Crippen molar-refractivity contribution in [3.05, 3.63) is 76.5 Å². The summed E-state index contributed by atoms with van der Waals surface area (Å²) in [4.78, 5) is 5.12. The molecule has 0 spiro atoms. The molecule has 0 unspecified atom stereocenters. The highest BCUT2D eigenvalue weighted by molar-refractivity contribution is 7.09. The molecule has 2 heterocycles.